The van der Waals surface area contributed by atoms with Crippen LogP contribution in [0.15, 0.2) is 17.7 Å². The van der Waals surface area contributed by atoms with E-state index < -0.39 is 43.3 Å². The Bertz CT molecular complexity index is 704. The average Bonchev–Trinajstić information content (AvgIpc) is 2.68. The molecule has 5 atom stereocenters. The average molecular weight is 400 g/mol. The number of hydrogen-bond donors (Lipinski definition) is 5. The van der Waals surface area contributed by atoms with E-state index in [0.29, 0.717) is 5.56 Å². The monoisotopic (exact) mass is 400 g/mol. The Labute approximate surface area is 161 Å². The second-order valence-electron chi connectivity index (χ2n) is 6.20. The van der Waals surface area contributed by atoms with Gasteiger partial charge in [0.15, 0.2) is 11.5 Å². The van der Waals surface area contributed by atoms with Crippen LogP contribution in [0.3, 0.4) is 0 Å². The number of rotatable bonds is 7. The van der Waals surface area contributed by atoms with Crippen molar-refractivity contribution in [1.29, 1.82) is 0 Å². The van der Waals surface area contributed by atoms with Crippen molar-refractivity contribution in [2.45, 2.75) is 37.6 Å². The standard InChI is InChI=1S/C18H24O10/c1-8(17(23)24)4-9-5-10(25-2)16(11(6-9)26-3)28-18-15(22)14(21)13(20)12(7-19)27-18/h4-6,12-15,18-22H,7H2,1-3H3,(H,23,24)/t12-,13-,14+,15-,18+/m1/s1. The molecule has 1 aromatic rings. The van der Waals surface area contributed by atoms with Crippen LogP contribution < -0.4 is 14.2 Å². The Kier molecular flexibility index (Phi) is 7.22. The van der Waals surface area contributed by atoms with E-state index in [-0.39, 0.29) is 22.8 Å². The molecule has 1 aliphatic heterocycles. The van der Waals surface area contributed by atoms with Gasteiger partial charge in [-0.15, -0.1) is 0 Å². The molecule has 1 heterocycles. The summed E-state index contributed by atoms with van der Waals surface area (Å²) in [5.41, 5.74) is 0.557. The molecule has 0 unspecified atom stereocenters. The van der Waals surface area contributed by atoms with Crippen molar-refractivity contribution < 1.29 is 49.3 Å². The third-order valence-corrected chi connectivity index (χ3v) is 4.29. The molecule has 0 spiro atoms. The molecule has 5 N–H and O–H groups in total. The molecule has 0 radical (unpaired) electrons. The molecule has 0 aliphatic carbocycles. The number of carboxylic acid groups (broad SMARTS) is 1. The molecule has 1 saturated heterocycles. The maximum Gasteiger partial charge on any atom is 0.331 e. The summed E-state index contributed by atoms with van der Waals surface area (Å²) in [5, 5.41) is 48.2. The number of aliphatic carboxylic acids is 1. The maximum absolute atomic E-state index is 11.0. The number of ether oxygens (including phenoxy) is 4. The van der Waals surface area contributed by atoms with Crippen LogP contribution in [0, 0.1) is 0 Å². The van der Waals surface area contributed by atoms with Gasteiger partial charge in [0.1, 0.15) is 24.4 Å². The second-order valence-corrected chi connectivity index (χ2v) is 6.20. The summed E-state index contributed by atoms with van der Waals surface area (Å²) in [7, 11) is 2.71. The van der Waals surface area contributed by atoms with Crippen LogP contribution in [-0.4, -0.2) is 83.0 Å². The van der Waals surface area contributed by atoms with Crippen molar-refractivity contribution >= 4 is 12.0 Å². The fraction of sp³-hybridized carbons (Fsp3) is 0.500. The number of carboxylic acids is 1. The molecule has 0 amide bonds. The Morgan fingerprint density at radius 1 is 1.11 bits per heavy atom. The van der Waals surface area contributed by atoms with Crippen LogP contribution in [0.5, 0.6) is 17.2 Å². The molecular formula is C18H24O10. The van der Waals surface area contributed by atoms with E-state index in [2.05, 4.69) is 0 Å². The highest BCUT2D eigenvalue weighted by Gasteiger charge is 2.45. The fourth-order valence-electron chi connectivity index (χ4n) is 2.69. The molecule has 10 heteroatoms. The van der Waals surface area contributed by atoms with Gasteiger partial charge < -0.3 is 44.5 Å². The predicted molar refractivity (Wildman–Crippen MR) is 95.2 cm³/mol. The lowest BCUT2D eigenvalue weighted by molar-refractivity contribution is -0.277. The van der Waals surface area contributed by atoms with Gasteiger partial charge in [-0.1, -0.05) is 0 Å². The van der Waals surface area contributed by atoms with Crippen LogP contribution in [0.25, 0.3) is 6.08 Å². The van der Waals surface area contributed by atoms with Crippen molar-refractivity contribution in [3.8, 4) is 17.2 Å². The highest BCUT2D eigenvalue weighted by molar-refractivity contribution is 5.91. The largest absolute Gasteiger partial charge is 0.493 e. The number of hydrogen-bond acceptors (Lipinski definition) is 9. The third kappa shape index (κ3) is 4.54. The normalized spacial score (nSPS) is 28.0. The summed E-state index contributed by atoms with van der Waals surface area (Å²) in [6.45, 7) is 0.830. The SMILES string of the molecule is COc1cc(C=C(C)C(=O)O)cc(OC)c1O[C@@H]1O[C@H](CO)[C@@H](O)[C@H](O)[C@H]1O. The van der Waals surface area contributed by atoms with Gasteiger partial charge in [0.05, 0.1) is 20.8 Å². The quantitative estimate of drug-likeness (QED) is 0.374. The first-order chi connectivity index (χ1) is 13.2. The van der Waals surface area contributed by atoms with Gasteiger partial charge in [0.2, 0.25) is 12.0 Å². The van der Waals surface area contributed by atoms with E-state index in [4.69, 9.17) is 24.1 Å². The lowest BCUT2D eigenvalue weighted by atomic mass is 9.99. The number of benzene rings is 1. The van der Waals surface area contributed by atoms with E-state index in [0.717, 1.165) is 0 Å². The Morgan fingerprint density at radius 3 is 2.14 bits per heavy atom. The summed E-state index contributed by atoms with van der Waals surface area (Å²) >= 11 is 0. The zero-order valence-electron chi connectivity index (χ0n) is 15.6. The van der Waals surface area contributed by atoms with Gasteiger partial charge in [-0.3, -0.25) is 0 Å². The van der Waals surface area contributed by atoms with Crippen molar-refractivity contribution in [3.63, 3.8) is 0 Å². The van der Waals surface area contributed by atoms with Crippen molar-refractivity contribution in [2.24, 2.45) is 0 Å². The zero-order chi connectivity index (χ0) is 21.0. The van der Waals surface area contributed by atoms with Gasteiger partial charge in [-0.25, -0.2) is 4.79 Å². The maximum atomic E-state index is 11.0. The van der Waals surface area contributed by atoms with E-state index in [1.165, 1.54) is 39.4 Å². The van der Waals surface area contributed by atoms with Crippen LogP contribution >= 0.6 is 0 Å². The van der Waals surface area contributed by atoms with Crippen LogP contribution in [0.4, 0.5) is 0 Å². The Balaban J connectivity index is 2.39. The summed E-state index contributed by atoms with van der Waals surface area (Å²) in [6.07, 6.45) is -5.89. The molecule has 156 valence electrons. The number of methoxy groups -OCH3 is 2. The number of carbonyl (C=O) groups is 1. The first kappa shape index (κ1) is 21.9. The summed E-state index contributed by atoms with van der Waals surface area (Å²) in [5.74, 6) is -0.750. The molecule has 0 aromatic heterocycles. The summed E-state index contributed by atoms with van der Waals surface area (Å²) in [6, 6.07) is 2.99. The van der Waals surface area contributed by atoms with Crippen LogP contribution in [-0.2, 0) is 9.53 Å². The lowest BCUT2D eigenvalue weighted by Crippen LogP contribution is -2.60. The summed E-state index contributed by atoms with van der Waals surface area (Å²) < 4.78 is 21.5. The molecule has 0 saturated carbocycles. The zero-order valence-corrected chi connectivity index (χ0v) is 15.6. The number of aliphatic hydroxyl groups is 4. The van der Waals surface area contributed by atoms with Gasteiger partial charge in [0, 0.05) is 5.57 Å². The molecule has 2 rings (SSSR count). The topological polar surface area (TPSA) is 155 Å². The molecule has 0 bridgehead atoms. The molecule has 1 aromatic carbocycles. The van der Waals surface area contributed by atoms with E-state index >= 15 is 0 Å². The van der Waals surface area contributed by atoms with Crippen LogP contribution in [0.2, 0.25) is 0 Å². The summed E-state index contributed by atoms with van der Waals surface area (Å²) in [4.78, 5) is 11.0. The fourth-order valence-corrected chi connectivity index (χ4v) is 2.69. The van der Waals surface area contributed by atoms with Gasteiger partial charge in [0.25, 0.3) is 0 Å². The molecular weight excluding hydrogens is 376 g/mol. The van der Waals surface area contributed by atoms with E-state index in [1.54, 1.807) is 0 Å². The molecule has 1 aliphatic rings. The van der Waals surface area contributed by atoms with Crippen LogP contribution in [0.1, 0.15) is 12.5 Å². The van der Waals surface area contributed by atoms with Gasteiger partial charge in [-0.05, 0) is 30.7 Å². The van der Waals surface area contributed by atoms with E-state index in [1.807, 2.05) is 0 Å². The minimum absolute atomic E-state index is 0.0273. The first-order valence-corrected chi connectivity index (χ1v) is 8.38. The highest BCUT2D eigenvalue weighted by Crippen LogP contribution is 2.41. The second kappa shape index (κ2) is 9.22. The van der Waals surface area contributed by atoms with Crippen molar-refractivity contribution in [3.05, 3.63) is 23.3 Å². The molecule has 28 heavy (non-hydrogen) atoms. The molecule has 1 fully saturated rings. The predicted octanol–water partition coefficient (Wildman–Crippen LogP) is -0.630. The van der Waals surface area contributed by atoms with E-state index in [9.17, 15) is 25.2 Å². The Hall–Kier alpha value is -2.37. The first-order valence-electron chi connectivity index (χ1n) is 8.38. The smallest absolute Gasteiger partial charge is 0.331 e. The minimum atomic E-state index is -1.61. The number of aliphatic hydroxyl groups excluding tert-OH is 4. The van der Waals surface area contributed by atoms with Gasteiger partial charge in [-0.2, -0.15) is 0 Å². The third-order valence-electron chi connectivity index (χ3n) is 4.29. The van der Waals surface area contributed by atoms with Crippen molar-refractivity contribution in [1.82, 2.24) is 0 Å². The minimum Gasteiger partial charge on any atom is -0.493 e. The lowest BCUT2D eigenvalue weighted by Gasteiger charge is -2.39. The van der Waals surface area contributed by atoms with Gasteiger partial charge >= 0.3 is 5.97 Å². The van der Waals surface area contributed by atoms with Crippen molar-refractivity contribution in [2.75, 3.05) is 20.8 Å². The Morgan fingerprint density at radius 2 is 1.68 bits per heavy atom. The molecule has 10 nitrogen and oxygen atoms in total. The highest BCUT2D eigenvalue weighted by atomic mass is 16.7.